The van der Waals surface area contributed by atoms with E-state index in [0.29, 0.717) is 11.0 Å². The van der Waals surface area contributed by atoms with Crippen LogP contribution in [0.5, 0.6) is 0 Å². The highest BCUT2D eigenvalue weighted by molar-refractivity contribution is 7.93. The molecule has 0 unspecified atom stereocenters. The Balaban J connectivity index is 1.69. The minimum atomic E-state index is -4.26. The molecule has 0 saturated heterocycles. The zero-order valence-corrected chi connectivity index (χ0v) is 18.9. The molecular weight excluding hydrogens is 492 g/mol. The second-order valence-corrected chi connectivity index (χ2v) is 10.6. The zero-order valence-electron chi connectivity index (χ0n) is 16.5. The summed E-state index contributed by atoms with van der Waals surface area (Å²) in [5.41, 5.74) is -0.135. The predicted octanol–water partition coefficient (Wildman–Crippen LogP) is 4.39. The number of carboxylic acids is 1. The third kappa shape index (κ3) is 4.80. The van der Waals surface area contributed by atoms with Gasteiger partial charge in [-0.1, -0.05) is 35.9 Å². The number of sulfonamides is 2. The van der Waals surface area contributed by atoms with Gasteiger partial charge in [0.1, 0.15) is 5.58 Å². The molecule has 0 aliphatic carbocycles. The van der Waals surface area contributed by atoms with Crippen molar-refractivity contribution in [1.82, 2.24) is 0 Å². The highest BCUT2D eigenvalue weighted by atomic mass is 35.5. The van der Waals surface area contributed by atoms with Gasteiger partial charge in [-0.2, -0.15) is 8.42 Å². The van der Waals surface area contributed by atoms with Crippen molar-refractivity contribution in [3.05, 3.63) is 83.4 Å². The van der Waals surface area contributed by atoms with E-state index in [9.17, 15) is 21.6 Å². The Morgan fingerprint density at radius 1 is 0.818 bits per heavy atom. The molecule has 0 amide bonds. The average molecular weight is 507 g/mol. The third-order valence-electron chi connectivity index (χ3n) is 4.53. The Morgan fingerprint density at radius 3 is 2.27 bits per heavy atom. The summed E-state index contributed by atoms with van der Waals surface area (Å²) in [6.45, 7) is 0. The molecule has 4 aromatic rings. The summed E-state index contributed by atoms with van der Waals surface area (Å²) in [7, 11) is -8.50. The molecular formula is C21H15ClN2O7S2. The van der Waals surface area contributed by atoms with Crippen LogP contribution in [0.15, 0.2) is 87.2 Å². The van der Waals surface area contributed by atoms with Crippen LogP contribution < -0.4 is 9.44 Å². The summed E-state index contributed by atoms with van der Waals surface area (Å²) in [6.07, 6.45) is 0. The van der Waals surface area contributed by atoms with Crippen molar-refractivity contribution >= 4 is 60.0 Å². The van der Waals surface area contributed by atoms with E-state index in [1.807, 2.05) is 0 Å². The summed E-state index contributed by atoms with van der Waals surface area (Å²) >= 11 is 6.00. The molecule has 0 saturated carbocycles. The van der Waals surface area contributed by atoms with Crippen LogP contribution in [0, 0.1) is 0 Å². The number of carbonyl (C=O) groups is 1. The molecule has 12 heteroatoms. The van der Waals surface area contributed by atoms with Crippen LogP contribution in [-0.2, 0) is 20.0 Å². The van der Waals surface area contributed by atoms with Gasteiger partial charge in [0.05, 0.1) is 21.8 Å². The van der Waals surface area contributed by atoms with Crippen molar-refractivity contribution in [1.29, 1.82) is 0 Å². The molecule has 1 heterocycles. The molecule has 0 radical (unpaired) electrons. The number of anilines is 2. The van der Waals surface area contributed by atoms with E-state index in [1.54, 1.807) is 24.3 Å². The predicted molar refractivity (Wildman–Crippen MR) is 123 cm³/mol. The lowest BCUT2D eigenvalue weighted by molar-refractivity contribution is 0.0696. The summed E-state index contributed by atoms with van der Waals surface area (Å²) < 4.78 is 61.4. The third-order valence-corrected chi connectivity index (χ3v) is 7.35. The van der Waals surface area contributed by atoms with Crippen LogP contribution in [0.25, 0.3) is 11.0 Å². The number of nitrogens with one attached hydrogen (secondary N) is 2. The largest absolute Gasteiger partial charge is 0.478 e. The molecule has 0 fully saturated rings. The number of rotatable bonds is 7. The van der Waals surface area contributed by atoms with Crippen LogP contribution in [0.1, 0.15) is 10.4 Å². The topological polar surface area (TPSA) is 143 Å². The molecule has 0 aliphatic heterocycles. The van der Waals surface area contributed by atoms with Gasteiger partial charge in [-0.05, 0) is 42.5 Å². The van der Waals surface area contributed by atoms with Crippen molar-refractivity contribution in [2.45, 2.75) is 9.99 Å². The minimum Gasteiger partial charge on any atom is -0.478 e. The minimum absolute atomic E-state index is 0.125. The van der Waals surface area contributed by atoms with E-state index in [1.165, 1.54) is 42.5 Å². The van der Waals surface area contributed by atoms with E-state index in [4.69, 9.17) is 21.1 Å². The lowest BCUT2D eigenvalue weighted by Crippen LogP contribution is -2.17. The number of fused-ring (bicyclic) bond motifs is 1. The first-order chi connectivity index (χ1) is 15.5. The number of hydrogen-bond acceptors (Lipinski definition) is 6. The first-order valence-electron chi connectivity index (χ1n) is 9.22. The van der Waals surface area contributed by atoms with Crippen LogP contribution in [0.2, 0.25) is 5.02 Å². The fraction of sp³-hybridized carbons (Fsp3) is 0. The van der Waals surface area contributed by atoms with Gasteiger partial charge in [0.15, 0.2) is 0 Å². The first kappa shape index (κ1) is 22.6. The van der Waals surface area contributed by atoms with Crippen molar-refractivity contribution < 1.29 is 31.2 Å². The Bertz CT molecular complexity index is 1560. The van der Waals surface area contributed by atoms with Crippen molar-refractivity contribution in [3.8, 4) is 0 Å². The first-order valence-corrected chi connectivity index (χ1v) is 12.6. The van der Waals surface area contributed by atoms with Crippen molar-refractivity contribution in [2.24, 2.45) is 0 Å². The Morgan fingerprint density at radius 2 is 1.55 bits per heavy atom. The molecule has 0 bridgehead atoms. The maximum Gasteiger partial charge on any atom is 0.335 e. The van der Waals surface area contributed by atoms with Gasteiger partial charge in [-0.15, -0.1) is 0 Å². The van der Waals surface area contributed by atoms with Crippen molar-refractivity contribution in [2.75, 3.05) is 9.44 Å². The standard InChI is InChI=1S/C21H15ClN2O7S2/c22-15-8-9-17(23-32(27,28)16-6-3-5-14(10-16)21(25)26)18(12-15)24-33(29,30)20-11-13-4-1-2-7-19(13)31-20/h1-12,23-24H,(H,25,26). The highest BCUT2D eigenvalue weighted by Gasteiger charge is 2.23. The van der Waals surface area contributed by atoms with Gasteiger partial charge in [-0.25, -0.2) is 13.2 Å². The molecule has 170 valence electrons. The smallest absolute Gasteiger partial charge is 0.335 e. The Labute approximate surface area is 193 Å². The van der Waals surface area contributed by atoms with Crippen LogP contribution in [0.3, 0.4) is 0 Å². The number of para-hydroxylation sites is 1. The number of furan rings is 1. The highest BCUT2D eigenvalue weighted by Crippen LogP contribution is 2.31. The molecule has 0 atom stereocenters. The summed E-state index contributed by atoms with van der Waals surface area (Å²) in [5, 5.41) is 9.46. The number of aromatic carboxylic acids is 1. The molecule has 0 aliphatic rings. The SMILES string of the molecule is O=C(O)c1cccc(S(=O)(=O)Nc2ccc(Cl)cc2NS(=O)(=O)c2cc3ccccc3o2)c1. The molecule has 4 rings (SSSR count). The average Bonchev–Trinajstić information content (AvgIpc) is 3.21. The summed E-state index contributed by atoms with van der Waals surface area (Å²) in [5.74, 6) is -1.29. The zero-order chi connectivity index (χ0) is 23.8. The van der Waals surface area contributed by atoms with Gasteiger partial charge >= 0.3 is 5.97 Å². The van der Waals surface area contributed by atoms with Gasteiger partial charge in [0, 0.05) is 16.5 Å². The molecule has 3 N–H and O–H groups in total. The van der Waals surface area contributed by atoms with E-state index >= 15 is 0 Å². The Hall–Kier alpha value is -3.54. The molecule has 9 nitrogen and oxygen atoms in total. The van der Waals surface area contributed by atoms with Gasteiger partial charge < -0.3 is 9.52 Å². The van der Waals surface area contributed by atoms with E-state index < -0.39 is 26.0 Å². The lowest BCUT2D eigenvalue weighted by atomic mass is 10.2. The summed E-state index contributed by atoms with van der Waals surface area (Å²) in [6, 6.07) is 16.6. The van der Waals surface area contributed by atoms with Crippen LogP contribution >= 0.6 is 11.6 Å². The van der Waals surface area contributed by atoms with Gasteiger partial charge in [-0.3, -0.25) is 9.44 Å². The second kappa shape index (κ2) is 8.43. The number of hydrogen-bond donors (Lipinski definition) is 3. The fourth-order valence-corrected chi connectivity index (χ4v) is 5.31. The molecule has 3 aromatic carbocycles. The number of carboxylic acid groups (broad SMARTS) is 1. The lowest BCUT2D eigenvalue weighted by Gasteiger charge is -2.14. The molecule has 1 aromatic heterocycles. The molecule has 0 spiro atoms. The maximum atomic E-state index is 12.9. The van der Waals surface area contributed by atoms with Crippen LogP contribution in [0.4, 0.5) is 11.4 Å². The van der Waals surface area contributed by atoms with Crippen molar-refractivity contribution in [3.63, 3.8) is 0 Å². The van der Waals surface area contributed by atoms with E-state index in [0.717, 1.165) is 6.07 Å². The quantitative estimate of drug-likeness (QED) is 0.337. The number of benzene rings is 3. The number of halogens is 1. The fourth-order valence-electron chi connectivity index (χ4n) is 2.97. The summed E-state index contributed by atoms with van der Waals surface area (Å²) in [4.78, 5) is 10.9. The van der Waals surface area contributed by atoms with Gasteiger partial charge in [0.25, 0.3) is 20.0 Å². The normalized spacial score (nSPS) is 11.9. The molecule has 33 heavy (non-hydrogen) atoms. The maximum absolute atomic E-state index is 12.9. The van der Waals surface area contributed by atoms with E-state index in [2.05, 4.69) is 9.44 Å². The van der Waals surface area contributed by atoms with Crippen LogP contribution in [-0.4, -0.2) is 27.9 Å². The Kier molecular flexibility index (Phi) is 5.78. The van der Waals surface area contributed by atoms with E-state index in [-0.39, 0.29) is 31.9 Å². The second-order valence-electron chi connectivity index (χ2n) is 6.84. The van der Waals surface area contributed by atoms with Gasteiger partial charge in [0.2, 0.25) is 5.09 Å². The monoisotopic (exact) mass is 506 g/mol.